The van der Waals surface area contributed by atoms with Crippen LogP contribution in [-0.2, 0) is 5.75 Å². The second kappa shape index (κ2) is 12.0. The standard InChI is InChI=1S/C26H22N8O2S4/c1-16-20(15-40-26-30-18-4-3-17(13-19(18)31-26)25-28-9-12-39-25)27-8-7-21(16)37-10-2-11-38-23-6-5-22-29-14-24(34(35)36)33(22)32-23/h3-9,12-14H,2,10-11,15H2,1H3,(H,30,31). The average Bonchev–Trinajstić information content (AvgIpc) is 3.72. The van der Waals surface area contributed by atoms with Crippen molar-refractivity contribution in [1.29, 1.82) is 0 Å². The first-order valence-corrected chi connectivity index (χ1v) is 16.1. The smallest absolute Gasteiger partial charge is 0.358 e. The molecule has 10 nitrogen and oxygen atoms in total. The van der Waals surface area contributed by atoms with Gasteiger partial charge < -0.3 is 15.1 Å². The van der Waals surface area contributed by atoms with Crippen LogP contribution in [0.4, 0.5) is 5.82 Å². The summed E-state index contributed by atoms with van der Waals surface area (Å²) in [5, 5.41) is 20.1. The van der Waals surface area contributed by atoms with Gasteiger partial charge in [0, 0.05) is 45.8 Å². The van der Waals surface area contributed by atoms with Crippen LogP contribution >= 0.6 is 46.6 Å². The fraction of sp³-hybridized carbons (Fsp3) is 0.192. The molecule has 0 aliphatic carbocycles. The number of rotatable bonds is 11. The average molecular weight is 607 g/mol. The highest BCUT2D eigenvalue weighted by atomic mass is 32.2. The third-order valence-electron chi connectivity index (χ3n) is 6.05. The van der Waals surface area contributed by atoms with E-state index < -0.39 is 4.92 Å². The lowest BCUT2D eigenvalue weighted by Crippen LogP contribution is -1.99. The summed E-state index contributed by atoms with van der Waals surface area (Å²) in [6.07, 6.45) is 5.89. The zero-order valence-electron chi connectivity index (χ0n) is 21.2. The van der Waals surface area contributed by atoms with Crippen LogP contribution in [0.1, 0.15) is 17.7 Å². The summed E-state index contributed by atoms with van der Waals surface area (Å²) in [6, 6.07) is 11.9. The maximum absolute atomic E-state index is 11.2. The first kappa shape index (κ1) is 26.7. The maximum atomic E-state index is 11.2. The topological polar surface area (TPSA) is 128 Å². The van der Waals surface area contributed by atoms with Crippen LogP contribution in [0.15, 0.2) is 75.4 Å². The molecule has 0 aliphatic heterocycles. The summed E-state index contributed by atoms with van der Waals surface area (Å²) >= 11 is 6.67. The van der Waals surface area contributed by atoms with Gasteiger partial charge in [0.2, 0.25) is 5.65 Å². The van der Waals surface area contributed by atoms with Gasteiger partial charge in [-0.2, -0.15) is 0 Å². The number of H-pyrrole nitrogens is 1. The van der Waals surface area contributed by atoms with E-state index in [2.05, 4.69) is 50.2 Å². The van der Waals surface area contributed by atoms with Crippen LogP contribution in [0, 0.1) is 17.0 Å². The molecule has 5 aromatic heterocycles. The number of hydrogen-bond donors (Lipinski definition) is 1. The van der Waals surface area contributed by atoms with Crippen molar-refractivity contribution in [3.8, 4) is 10.6 Å². The number of imidazole rings is 2. The molecule has 0 bridgehead atoms. The van der Waals surface area contributed by atoms with E-state index in [4.69, 9.17) is 4.98 Å². The van der Waals surface area contributed by atoms with E-state index in [9.17, 15) is 10.1 Å². The summed E-state index contributed by atoms with van der Waals surface area (Å²) < 4.78 is 1.28. The van der Waals surface area contributed by atoms with E-state index in [0.717, 1.165) is 61.2 Å². The maximum Gasteiger partial charge on any atom is 0.368 e. The van der Waals surface area contributed by atoms with E-state index in [1.165, 1.54) is 21.2 Å². The number of hydrogen-bond acceptors (Lipinski definition) is 11. The molecule has 0 radical (unpaired) electrons. The summed E-state index contributed by atoms with van der Waals surface area (Å²) in [7, 11) is 0. The van der Waals surface area contributed by atoms with Crippen LogP contribution in [0.2, 0.25) is 0 Å². The lowest BCUT2D eigenvalue weighted by atomic mass is 10.2. The molecule has 0 saturated heterocycles. The summed E-state index contributed by atoms with van der Waals surface area (Å²) in [5.74, 6) is 2.40. The van der Waals surface area contributed by atoms with E-state index >= 15 is 0 Å². The Morgan fingerprint density at radius 3 is 2.80 bits per heavy atom. The van der Waals surface area contributed by atoms with E-state index in [1.807, 2.05) is 41.7 Å². The second-order valence-corrected chi connectivity index (χ2v) is 12.8. The zero-order chi connectivity index (χ0) is 27.5. The number of nitrogens with zero attached hydrogens (tertiary/aromatic N) is 7. The van der Waals surface area contributed by atoms with Crippen LogP contribution in [0.25, 0.3) is 27.3 Å². The van der Waals surface area contributed by atoms with Gasteiger partial charge in [0.15, 0.2) is 5.16 Å². The van der Waals surface area contributed by atoms with Crippen molar-refractivity contribution in [3.05, 3.63) is 81.7 Å². The Kier molecular flexibility index (Phi) is 8.00. The Hall–Kier alpha value is -3.46. The van der Waals surface area contributed by atoms with Crippen molar-refractivity contribution in [2.75, 3.05) is 11.5 Å². The molecule has 14 heteroatoms. The summed E-state index contributed by atoms with van der Waals surface area (Å²) in [6.45, 7) is 2.12. The van der Waals surface area contributed by atoms with Crippen LogP contribution < -0.4 is 0 Å². The number of aromatic nitrogens is 7. The normalized spacial score (nSPS) is 11.5. The van der Waals surface area contributed by atoms with E-state index in [1.54, 1.807) is 40.9 Å². The Morgan fingerprint density at radius 1 is 1.05 bits per heavy atom. The number of aromatic amines is 1. The molecule has 0 fully saturated rings. The van der Waals surface area contributed by atoms with Crippen molar-refractivity contribution in [1.82, 2.24) is 34.5 Å². The molecule has 0 spiro atoms. The van der Waals surface area contributed by atoms with E-state index in [-0.39, 0.29) is 5.82 Å². The van der Waals surface area contributed by atoms with Crippen molar-refractivity contribution in [2.45, 2.75) is 34.2 Å². The monoisotopic (exact) mass is 606 g/mol. The van der Waals surface area contributed by atoms with Gasteiger partial charge in [0.05, 0.1) is 16.7 Å². The van der Waals surface area contributed by atoms with Gasteiger partial charge >= 0.3 is 5.82 Å². The van der Waals surface area contributed by atoms with Gasteiger partial charge in [-0.15, -0.1) is 34.9 Å². The van der Waals surface area contributed by atoms with Crippen molar-refractivity contribution >= 4 is 69.1 Å². The lowest BCUT2D eigenvalue weighted by Gasteiger charge is -2.09. The molecule has 1 N–H and O–H groups in total. The molecule has 0 atom stereocenters. The number of thioether (sulfide) groups is 3. The van der Waals surface area contributed by atoms with Gasteiger partial charge in [-0.1, -0.05) is 21.4 Å². The molecule has 1 aromatic carbocycles. The highest BCUT2D eigenvalue weighted by molar-refractivity contribution is 8.00. The molecule has 5 heterocycles. The van der Waals surface area contributed by atoms with Crippen molar-refractivity contribution < 1.29 is 4.92 Å². The molecular weight excluding hydrogens is 585 g/mol. The Balaban J connectivity index is 1.02. The first-order valence-electron chi connectivity index (χ1n) is 12.3. The van der Waals surface area contributed by atoms with Gasteiger partial charge in [-0.3, -0.25) is 4.98 Å². The largest absolute Gasteiger partial charge is 0.368 e. The van der Waals surface area contributed by atoms with Crippen LogP contribution in [0.3, 0.4) is 0 Å². The predicted octanol–water partition coefficient (Wildman–Crippen LogP) is 6.91. The molecule has 40 heavy (non-hydrogen) atoms. The number of benzene rings is 1. The fourth-order valence-electron chi connectivity index (χ4n) is 4.01. The minimum atomic E-state index is -0.474. The molecule has 0 unspecified atom stereocenters. The second-order valence-electron chi connectivity index (χ2n) is 8.65. The van der Waals surface area contributed by atoms with Crippen molar-refractivity contribution in [3.63, 3.8) is 0 Å². The minimum Gasteiger partial charge on any atom is -0.358 e. The van der Waals surface area contributed by atoms with Crippen LogP contribution in [0.5, 0.6) is 0 Å². The quantitative estimate of drug-likeness (QED) is 0.0719. The molecule has 6 rings (SSSR count). The van der Waals surface area contributed by atoms with Gasteiger partial charge in [0.1, 0.15) is 16.2 Å². The van der Waals surface area contributed by atoms with Gasteiger partial charge in [0.25, 0.3) is 0 Å². The minimum absolute atomic E-state index is 0.128. The first-order chi connectivity index (χ1) is 19.5. The lowest BCUT2D eigenvalue weighted by molar-refractivity contribution is -0.391. The molecule has 202 valence electrons. The molecule has 0 amide bonds. The number of fused-ring (bicyclic) bond motifs is 2. The predicted molar refractivity (Wildman–Crippen MR) is 161 cm³/mol. The molecular formula is C26H22N8O2S4. The number of thiazole rings is 1. The summed E-state index contributed by atoms with van der Waals surface area (Å²) in [5.41, 5.74) is 5.73. The van der Waals surface area contributed by atoms with Crippen LogP contribution in [-0.4, -0.2) is 51.0 Å². The highest BCUT2D eigenvalue weighted by Crippen LogP contribution is 2.31. The number of pyridine rings is 1. The Bertz CT molecular complexity index is 1800. The molecule has 0 saturated carbocycles. The number of nitro groups is 1. The highest BCUT2D eigenvalue weighted by Gasteiger charge is 2.16. The zero-order valence-corrected chi connectivity index (χ0v) is 24.4. The Labute approximate surface area is 245 Å². The SMILES string of the molecule is Cc1c(SCCCSc2ccc3ncc([N+](=O)[O-])n3n2)ccnc1CSc1nc2ccc(-c3nccs3)cc2[nH]1. The fourth-order valence-corrected chi connectivity index (χ4v) is 7.54. The Morgan fingerprint density at radius 2 is 1.95 bits per heavy atom. The van der Waals surface area contributed by atoms with E-state index in [0.29, 0.717) is 5.65 Å². The van der Waals surface area contributed by atoms with Gasteiger partial charge in [-0.25, -0.2) is 15.0 Å². The third kappa shape index (κ3) is 5.84. The summed E-state index contributed by atoms with van der Waals surface area (Å²) in [4.78, 5) is 33.1. The third-order valence-corrected chi connectivity index (χ3v) is 10.0. The van der Waals surface area contributed by atoms with Crippen molar-refractivity contribution in [2.24, 2.45) is 0 Å². The number of nitrogens with one attached hydrogen (secondary N) is 1. The van der Waals surface area contributed by atoms with Gasteiger partial charge in [-0.05, 0) is 59.9 Å². The molecule has 6 aromatic rings. The molecule has 0 aliphatic rings.